The molecule has 4 aromatic rings. The van der Waals surface area contributed by atoms with Gasteiger partial charge in [0.15, 0.2) is 0 Å². The van der Waals surface area contributed by atoms with Crippen LogP contribution in [0.5, 0.6) is 0 Å². The number of ether oxygens (including phenoxy) is 1. The van der Waals surface area contributed by atoms with Gasteiger partial charge >= 0.3 is 5.69 Å². The smallest absolute Gasteiger partial charge is 0.332 e. The molecule has 1 amide bonds. The summed E-state index contributed by atoms with van der Waals surface area (Å²) < 4.78 is 8.73. The predicted octanol–water partition coefficient (Wildman–Crippen LogP) is 2.70. The second kappa shape index (κ2) is 9.90. The molecule has 0 spiro atoms. The van der Waals surface area contributed by atoms with Crippen molar-refractivity contribution >= 4 is 37.7 Å². The van der Waals surface area contributed by atoms with E-state index >= 15 is 0 Å². The SMILES string of the molecule is O=C(Cn1c(=O)n(C[C@H]2CCCO2)c(=O)c2sc3ncccc3c21)NCCCc1ccccc1. The topological polar surface area (TPSA) is 95.2 Å². The molecule has 8 nitrogen and oxygen atoms in total. The molecule has 0 aliphatic carbocycles. The Morgan fingerprint density at radius 1 is 1.15 bits per heavy atom. The molecule has 1 fully saturated rings. The molecule has 176 valence electrons. The Kier molecular flexibility index (Phi) is 6.55. The fourth-order valence-corrected chi connectivity index (χ4v) is 5.54. The van der Waals surface area contributed by atoms with Gasteiger partial charge in [0.05, 0.1) is 18.2 Å². The number of carbonyl (C=O) groups is 1. The molecular formula is C25H26N4O4S. The zero-order valence-corrected chi connectivity index (χ0v) is 19.6. The summed E-state index contributed by atoms with van der Waals surface area (Å²) in [6, 6.07) is 13.7. The molecule has 34 heavy (non-hydrogen) atoms. The summed E-state index contributed by atoms with van der Waals surface area (Å²) in [7, 11) is 0. The molecule has 1 N–H and O–H groups in total. The first-order valence-electron chi connectivity index (χ1n) is 11.5. The van der Waals surface area contributed by atoms with E-state index in [4.69, 9.17) is 4.74 Å². The van der Waals surface area contributed by atoms with Gasteiger partial charge in [-0.1, -0.05) is 30.3 Å². The average molecular weight is 479 g/mol. The fourth-order valence-electron chi connectivity index (χ4n) is 4.45. The summed E-state index contributed by atoms with van der Waals surface area (Å²) in [6.07, 6.45) is 4.86. The van der Waals surface area contributed by atoms with Gasteiger partial charge < -0.3 is 10.1 Å². The van der Waals surface area contributed by atoms with Gasteiger partial charge in [-0.3, -0.25) is 18.7 Å². The van der Waals surface area contributed by atoms with Crippen molar-refractivity contribution in [1.29, 1.82) is 0 Å². The highest BCUT2D eigenvalue weighted by Gasteiger charge is 2.23. The number of thiophene rings is 1. The molecule has 3 aromatic heterocycles. The maximum absolute atomic E-state index is 13.5. The van der Waals surface area contributed by atoms with E-state index in [2.05, 4.69) is 22.4 Å². The van der Waals surface area contributed by atoms with Gasteiger partial charge in [0.2, 0.25) is 5.91 Å². The van der Waals surface area contributed by atoms with E-state index in [0.717, 1.165) is 25.7 Å². The molecular weight excluding hydrogens is 452 g/mol. The van der Waals surface area contributed by atoms with E-state index in [-0.39, 0.29) is 30.7 Å². The van der Waals surface area contributed by atoms with Crippen molar-refractivity contribution in [1.82, 2.24) is 19.4 Å². The molecule has 0 radical (unpaired) electrons. The van der Waals surface area contributed by atoms with Crippen molar-refractivity contribution in [3.05, 3.63) is 75.1 Å². The minimum Gasteiger partial charge on any atom is -0.376 e. The number of rotatable bonds is 8. The first-order valence-corrected chi connectivity index (χ1v) is 12.4. The van der Waals surface area contributed by atoms with Gasteiger partial charge in [-0.05, 0) is 43.4 Å². The van der Waals surface area contributed by atoms with Crippen LogP contribution in [0.1, 0.15) is 24.8 Å². The molecule has 9 heteroatoms. The van der Waals surface area contributed by atoms with Crippen LogP contribution in [0.25, 0.3) is 20.4 Å². The lowest BCUT2D eigenvalue weighted by atomic mass is 10.1. The van der Waals surface area contributed by atoms with E-state index in [1.54, 1.807) is 12.3 Å². The molecule has 1 saturated heterocycles. The monoisotopic (exact) mass is 478 g/mol. The summed E-state index contributed by atoms with van der Waals surface area (Å²) in [4.78, 5) is 44.6. The second-order valence-corrected chi connectivity index (χ2v) is 9.49. The predicted molar refractivity (Wildman–Crippen MR) is 132 cm³/mol. The molecule has 0 bridgehead atoms. The number of fused-ring (bicyclic) bond motifs is 3. The molecule has 1 atom stereocenters. The van der Waals surface area contributed by atoms with E-state index in [1.807, 2.05) is 24.3 Å². The van der Waals surface area contributed by atoms with Crippen LogP contribution in [0.3, 0.4) is 0 Å². The van der Waals surface area contributed by atoms with E-state index in [9.17, 15) is 14.4 Å². The maximum atomic E-state index is 13.5. The van der Waals surface area contributed by atoms with Crippen molar-refractivity contribution in [3.8, 4) is 0 Å². The van der Waals surface area contributed by atoms with E-state index < -0.39 is 5.69 Å². The van der Waals surface area contributed by atoms with Gasteiger partial charge in [0, 0.05) is 24.7 Å². The lowest BCUT2D eigenvalue weighted by Gasteiger charge is -2.15. The Morgan fingerprint density at radius 3 is 2.79 bits per heavy atom. The standard InChI is InChI=1S/C25H26N4O4S/c30-20(26-12-4-9-17-7-2-1-3-8-17)16-28-21-19-11-5-13-27-23(19)34-22(21)24(31)29(25(28)32)15-18-10-6-14-33-18/h1-3,5,7-8,11,13,18H,4,6,9-10,12,14-16H2,(H,26,30)/t18-/m1/s1. The van der Waals surface area contributed by atoms with Crippen LogP contribution in [0.2, 0.25) is 0 Å². The zero-order valence-electron chi connectivity index (χ0n) is 18.7. The Morgan fingerprint density at radius 2 is 2.00 bits per heavy atom. The van der Waals surface area contributed by atoms with Crippen molar-refractivity contribution in [2.45, 2.75) is 44.9 Å². The molecule has 5 rings (SSSR count). The Balaban J connectivity index is 1.43. The molecule has 1 aliphatic rings. The fraction of sp³-hybridized carbons (Fsp3) is 0.360. The number of amides is 1. The summed E-state index contributed by atoms with van der Waals surface area (Å²) in [5.41, 5.74) is 0.855. The number of hydrogen-bond acceptors (Lipinski definition) is 6. The number of pyridine rings is 1. The first-order chi connectivity index (χ1) is 16.6. The van der Waals surface area contributed by atoms with Crippen LogP contribution in [-0.2, 0) is 29.0 Å². The third-order valence-corrected chi connectivity index (χ3v) is 7.22. The highest BCUT2D eigenvalue weighted by atomic mass is 32.1. The van der Waals surface area contributed by atoms with Crippen LogP contribution >= 0.6 is 11.3 Å². The van der Waals surface area contributed by atoms with Crippen LogP contribution in [-0.4, -0.2) is 39.3 Å². The highest BCUT2D eigenvalue weighted by molar-refractivity contribution is 7.25. The molecule has 1 aromatic carbocycles. The third kappa shape index (κ3) is 4.53. The zero-order chi connectivity index (χ0) is 23.5. The number of hydrogen-bond donors (Lipinski definition) is 1. The Bertz CT molecular complexity index is 1430. The second-order valence-electron chi connectivity index (χ2n) is 8.49. The maximum Gasteiger partial charge on any atom is 0.332 e. The van der Waals surface area contributed by atoms with E-state index in [0.29, 0.717) is 33.6 Å². The van der Waals surface area contributed by atoms with Gasteiger partial charge in [0.25, 0.3) is 5.56 Å². The van der Waals surface area contributed by atoms with Gasteiger partial charge in [-0.2, -0.15) is 0 Å². The van der Waals surface area contributed by atoms with Gasteiger partial charge in [-0.25, -0.2) is 9.78 Å². The van der Waals surface area contributed by atoms with Crippen LogP contribution < -0.4 is 16.6 Å². The summed E-state index contributed by atoms with van der Waals surface area (Å²) in [5, 5.41) is 3.62. The first kappa shape index (κ1) is 22.5. The normalized spacial score (nSPS) is 15.8. The van der Waals surface area contributed by atoms with Gasteiger partial charge in [-0.15, -0.1) is 11.3 Å². The van der Waals surface area contributed by atoms with Gasteiger partial charge in [0.1, 0.15) is 16.1 Å². The highest BCUT2D eigenvalue weighted by Crippen LogP contribution is 2.29. The van der Waals surface area contributed by atoms with Crippen molar-refractivity contribution < 1.29 is 9.53 Å². The molecule has 1 aliphatic heterocycles. The molecule has 4 heterocycles. The Labute approximate surface area is 199 Å². The summed E-state index contributed by atoms with van der Waals surface area (Å²) >= 11 is 1.25. The number of carbonyl (C=O) groups excluding carboxylic acids is 1. The van der Waals surface area contributed by atoms with Crippen molar-refractivity contribution in [2.75, 3.05) is 13.2 Å². The van der Waals surface area contributed by atoms with Crippen LogP contribution in [0.15, 0.2) is 58.3 Å². The minimum absolute atomic E-state index is 0.160. The number of nitrogens with zero attached hydrogens (tertiary/aromatic N) is 3. The lowest BCUT2D eigenvalue weighted by Crippen LogP contribution is -2.44. The largest absolute Gasteiger partial charge is 0.376 e. The number of aryl methyl sites for hydroxylation is 1. The van der Waals surface area contributed by atoms with Crippen LogP contribution in [0.4, 0.5) is 0 Å². The number of nitrogens with one attached hydrogen (secondary N) is 1. The average Bonchev–Trinajstić information content (AvgIpc) is 3.51. The summed E-state index contributed by atoms with van der Waals surface area (Å²) in [6.45, 7) is 1.17. The van der Waals surface area contributed by atoms with Crippen LogP contribution in [0, 0.1) is 0 Å². The van der Waals surface area contributed by atoms with E-state index in [1.165, 1.54) is 26.0 Å². The third-order valence-electron chi connectivity index (χ3n) is 6.13. The Hall–Kier alpha value is -3.30. The molecule has 0 unspecified atom stereocenters. The van der Waals surface area contributed by atoms with Crippen molar-refractivity contribution in [3.63, 3.8) is 0 Å². The lowest BCUT2D eigenvalue weighted by molar-refractivity contribution is -0.121. The number of benzene rings is 1. The number of aromatic nitrogens is 3. The minimum atomic E-state index is -0.490. The summed E-state index contributed by atoms with van der Waals surface area (Å²) in [5.74, 6) is -0.262. The quantitative estimate of drug-likeness (QED) is 0.393. The molecule has 0 saturated carbocycles. The van der Waals surface area contributed by atoms with Crippen molar-refractivity contribution in [2.24, 2.45) is 0 Å².